The maximum Gasteiger partial charge on any atom is 0.132 e. The average Bonchev–Trinajstić information content (AvgIpc) is 2.40. The Bertz CT molecular complexity index is 520. The van der Waals surface area contributed by atoms with Crippen molar-refractivity contribution in [1.29, 1.82) is 0 Å². The highest BCUT2D eigenvalue weighted by Crippen LogP contribution is 2.25. The Labute approximate surface area is 105 Å². The summed E-state index contributed by atoms with van der Waals surface area (Å²) in [5.41, 5.74) is 2.67. The molecule has 16 heavy (non-hydrogen) atoms. The van der Waals surface area contributed by atoms with Gasteiger partial charge in [-0.15, -0.1) is 0 Å². The van der Waals surface area contributed by atoms with E-state index in [2.05, 4.69) is 71.3 Å². The van der Waals surface area contributed by atoms with Crippen molar-refractivity contribution in [1.82, 2.24) is 9.38 Å². The first-order valence-electron chi connectivity index (χ1n) is 5.50. The Kier molecular flexibility index (Phi) is 2.82. The van der Waals surface area contributed by atoms with Gasteiger partial charge in [-0.25, -0.2) is 4.98 Å². The van der Waals surface area contributed by atoms with Gasteiger partial charge in [0.15, 0.2) is 0 Å². The van der Waals surface area contributed by atoms with E-state index in [0.29, 0.717) is 0 Å². The zero-order chi connectivity index (χ0) is 11.9. The highest BCUT2D eigenvalue weighted by molar-refractivity contribution is 9.10. The second-order valence-electron chi connectivity index (χ2n) is 5.52. The Morgan fingerprint density at radius 2 is 2.06 bits per heavy atom. The van der Waals surface area contributed by atoms with Gasteiger partial charge in [-0.3, -0.25) is 0 Å². The van der Waals surface area contributed by atoms with Crippen LogP contribution in [-0.4, -0.2) is 9.38 Å². The molecule has 0 aliphatic heterocycles. The molecular weight excluding hydrogens is 264 g/mol. The van der Waals surface area contributed by atoms with Crippen molar-refractivity contribution in [2.75, 3.05) is 0 Å². The molecule has 0 unspecified atom stereocenters. The van der Waals surface area contributed by atoms with Crippen LogP contribution in [-0.2, 0) is 6.42 Å². The number of halogens is 1. The van der Waals surface area contributed by atoms with Crippen LogP contribution in [0.25, 0.3) is 5.52 Å². The van der Waals surface area contributed by atoms with Gasteiger partial charge in [0, 0.05) is 12.6 Å². The molecule has 86 valence electrons. The van der Waals surface area contributed by atoms with Gasteiger partial charge in [0.2, 0.25) is 0 Å². The van der Waals surface area contributed by atoms with Crippen molar-refractivity contribution in [3.8, 4) is 0 Å². The number of aromatic nitrogens is 2. The van der Waals surface area contributed by atoms with Gasteiger partial charge >= 0.3 is 0 Å². The second-order valence-corrected chi connectivity index (χ2v) is 6.27. The van der Waals surface area contributed by atoms with Gasteiger partial charge in [0.05, 0.1) is 5.52 Å². The molecule has 0 spiro atoms. The standard InChI is InChI=1S/C13H17BrN2/c1-9-5-6-16-10(7-9)12(14)15-11(16)8-13(2,3)4/h5-7H,8H2,1-4H3. The summed E-state index contributed by atoms with van der Waals surface area (Å²) in [5.74, 6) is 1.12. The van der Waals surface area contributed by atoms with Crippen molar-refractivity contribution in [2.24, 2.45) is 5.41 Å². The third-order valence-corrected chi connectivity index (χ3v) is 3.10. The van der Waals surface area contributed by atoms with Crippen LogP contribution in [0.15, 0.2) is 22.9 Å². The fourth-order valence-electron chi connectivity index (χ4n) is 1.81. The lowest BCUT2D eigenvalue weighted by atomic mass is 9.92. The van der Waals surface area contributed by atoms with E-state index in [4.69, 9.17) is 0 Å². The smallest absolute Gasteiger partial charge is 0.132 e. The van der Waals surface area contributed by atoms with Crippen molar-refractivity contribution in [3.05, 3.63) is 34.3 Å². The quantitative estimate of drug-likeness (QED) is 0.772. The summed E-state index contributed by atoms with van der Waals surface area (Å²) in [6, 6.07) is 4.27. The van der Waals surface area contributed by atoms with Gasteiger partial charge in [0.1, 0.15) is 10.4 Å². The third kappa shape index (κ3) is 2.29. The lowest BCUT2D eigenvalue weighted by Gasteiger charge is -2.16. The predicted octanol–water partition coefficient (Wildman–Crippen LogP) is 3.99. The largest absolute Gasteiger partial charge is 0.302 e. The van der Waals surface area contributed by atoms with Gasteiger partial charge < -0.3 is 4.40 Å². The predicted molar refractivity (Wildman–Crippen MR) is 70.8 cm³/mol. The van der Waals surface area contributed by atoms with Crippen molar-refractivity contribution >= 4 is 21.4 Å². The first-order valence-corrected chi connectivity index (χ1v) is 6.29. The molecule has 0 fully saturated rings. The maximum atomic E-state index is 4.60. The van der Waals surface area contributed by atoms with E-state index in [0.717, 1.165) is 22.4 Å². The van der Waals surface area contributed by atoms with Crippen molar-refractivity contribution in [2.45, 2.75) is 34.1 Å². The van der Waals surface area contributed by atoms with Crippen molar-refractivity contribution in [3.63, 3.8) is 0 Å². The van der Waals surface area contributed by atoms with E-state index in [1.165, 1.54) is 5.56 Å². The number of hydrogen-bond donors (Lipinski definition) is 0. The summed E-state index contributed by atoms with van der Waals surface area (Å²) >= 11 is 3.53. The molecule has 0 aliphatic rings. The maximum absolute atomic E-state index is 4.60. The first-order chi connectivity index (χ1) is 7.37. The first kappa shape index (κ1) is 11.6. The number of pyridine rings is 1. The summed E-state index contributed by atoms with van der Waals surface area (Å²) in [4.78, 5) is 4.60. The number of fused-ring (bicyclic) bond motifs is 1. The molecule has 0 atom stereocenters. The summed E-state index contributed by atoms with van der Waals surface area (Å²) in [7, 11) is 0. The van der Waals surface area contributed by atoms with Crippen LogP contribution in [0.3, 0.4) is 0 Å². The molecule has 2 heterocycles. The summed E-state index contributed by atoms with van der Waals surface area (Å²) in [5, 5.41) is 0. The second kappa shape index (κ2) is 3.88. The number of hydrogen-bond acceptors (Lipinski definition) is 1. The lowest BCUT2D eigenvalue weighted by Crippen LogP contribution is -2.11. The molecular formula is C13H17BrN2. The van der Waals surface area contributed by atoms with Gasteiger partial charge in [0.25, 0.3) is 0 Å². The van der Waals surface area contributed by atoms with Crippen molar-refractivity contribution < 1.29 is 0 Å². The minimum Gasteiger partial charge on any atom is -0.302 e. The molecule has 2 nitrogen and oxygen atoms in total. The Hall–Kier alpha value is -0.830. The van der Waals surface area contributed by atoms with Crippen LogP contribution in [0.5, 0.6) is 0 Å². The normalized spacial score (nSPS) is 12.3. The molecule has 0 aromatic carbocycles. The zero-order valence-corrected chi connectivity index (χ0v) is 11.8. The fourth-order valence-corrected chi connectivity index (χ4v) is 2.32. The minimum absolute atomic E-state index is 0.256. The Morgan fingerprint density at radius 1 is 1.38 bits per heavy atom. The van der Waals surface area contributed by atoms with Gasteiger partial charge in [-0.05, 0) is 46.0 Å². The minimum atomic E-state index is 0.256. The fraction of sp³-hybridized carbons (Fsp3) is 0.462. The molecule has 2 rings (SSSR count). The van der Waals surface area contributed by atoms with E-state index >= 15 is 0 Å². The molecule has 2 aromatic heterocycles. The van der Waals surface area contributed by atoms with E-state index in [-0.39, 0.29) is 5.41 Å². The highest BCUT2D eigenvalue weighted by atomic mass is 79.9. The molecule has 2 aromatic rings. The Balaban J connectivity index is 2.55. The Morgan fingerprint density at radius 3 is 2.69 bits per heavy atom. The summed E-state index contributed by atoms with van der Waals surface area (Å²) in [6.45, 7) is 8.80. The van der Waals surface area contributed by atoms with Gasteiger partial charge in [-0.2, -0.15) is 0 Å². The summed E-state index contributed by atoms with van der Waals surface area (Å²) in [6.07, 6.45) is 3.08. The van der Waals surface area contributed by atoms with E-state index < -0.39 is 0 Å². The summed E-state index contributed by atoms with van der Waals surface area (Å²) < 4.78 is 3.11. The number of aryl methyl sites for hydroxylation is 1. The monoisotopic (exact) mass is 280 g/mol. The zero-order valence-electron chi connectivity index (χ0n) is 10.2. The topological polar surface area (TPSA) is 17.3 Å². The van der Waals surface area contributed by atoms with Crippen LogP contribution in [0.1, 0.15) is 32.2 Å². The molecule has 0 amide bonds. The average molecular weight is 281 g/mol. The van der Waals surface area contributed by atoms with Crippen LogP contribution in [0.4, 0.5) is 0 Å². The lowest BCUT2D eigenvalue weighted by molar-refractivity contribution is 0.400. The van der Waals surface area contributed by atoms with E-state index in [1.807, 2.05) is 0 Å². The van der Waals surface area contributed by atoms with Crippen LogP contribution < -0.4 is 0 Å². The molecule has 0 aliphatic carbocycles. The van der Waals surface area contributed by atoms with Gasteiger partial charge in [-0.1, -0.05) is 20.8 Å². The van der Waals surface area contributed by atoms with Crippen LogP contribution >= 0.6 is 15.9 Å². The number of nitrogens with zero attached hydrogens (tertiary/aromatic N) is 2. The highest BCUT2D eigenvalue weighted by Gasteiger charge is 2.17. The number of imidazole rings is 1. The molecule has 0 bridgehead atoms. The van der Waals surface area contributed by atoms with E-state index in [9.17, 15) is 0 Å². The molecule has 0 radical (unpaired) electrons. The SMILES string of the molecule is Cc1ccn2c(CC(C)(C)C)nc(Br)c2c1. The van der Waals surface area contributed by atoms with E-state index in [1.54, 1.807) is 0 Å². The number of rotatable bonds is 1. The van der Waals surface area contributed by atoms with Crippen LogP contribution in [0, 0.1) is 12.3 Å². The molecule has 0 saturated carbocycles. The van der Waals surface area contributed by atoms with Crippen LogP contribution in [0.2, 0.25) is 0 Å². The molecule has 0 N–H and O–H groups in total. The molecule has 3 heteroatoms. The molecule has 0 saturated heterocycles. The third-order valence-electron chi connectivity index (χ3n) is 2.52.